The van der Waals surface area contributed by atoms with Gasteiger partial charge in [-0.05, 0) is 18.7 Å². The highest BCUT2D eigenvalue weighted by atomic mass is 79.9. The van der Waals surface area contributed by atoms with Crippen LogP contribution < -0.4 is 0 Å². The number of halogens is 1. The van der Waals surface area contributed by atoms with E-state index < -0.39 is 0 Å². The minimum atomic E-state index is 0.241. The number of hydrogen-bond donors (Lipinski definition) is 0. The van der Waals surface area contributed by atoms with Crippen LogP contribution in [0.1, 0.15) is 23.7 Å². The van der Waals surface area contributed by atoms with Crippen LogP contribution >= 0.6 is 15.9 Å². The molecule has 4 heteroatoms. The second-order valence-corrected chi connectivity index (χ2v) is 5.87. The van der Waals surface area contributed by atoms with Gasteiger partial charge in [-0.1, -0.05) is 35.0 Å². The fourth-order valence-corrected chi connectivity index (χ4v) is 2.63. The molecule has 0 unspecified atom stereocenters. The molecule has 0 saturated carbocycles. The van der Waals surface area contributed by atoms with Crippen LogP contribution in [-0.2, 0) is 0 Å². The largest absolute Gasteiger partial charge is 0.301 e. The number of Topliss-reactive ketones (excluding diaryl/α,β-unsaturated/α-hetero) is 1. The molecule has 0 atom stereocenters. The monoisotopic (exact) mass is 324 g/mol. The normalized spacial score (nSPS) is 17.6. The highest BCUT2D eigenvalue weighted by molar-refractivity contribution is 9.10. The van der Waals surface area contributed by atoms with Crippen LogP contribution in [0.25, 0.3) is 0 Å². The summed E-state index contributed by atoms with van der Waals surface area (Å²) in [5, 5.41) is 0. The molecule has 104 valence electrons. The Bertz CT molecular complexity index is 411. The van der Waals surface area contributed by atoms with Crippen LogP contribution in [0, 0.1) is 0 Å². The molecule has 1 heterocycles. The van der Waals surface area contributed by atoms with Gasteiger partial charge in [-0.15, -0.1) is 0 Å². The van der Waals surface area contributed by atoms with E-state index in [2.05, 4.69) is 32.7 Å². The molecule has 0 N–H and O–H groups in total. The zero-order chi connectivity index (χ0) is 13.7. The summed E-state index contributed by atoms with van der Waals surface area (Å²) < 4.78 is 1.01. The number of nitrogens with zero attached hydrogens (tertiary/aromatic N) is 2. The Kier molecular flexibility index (Phi) is 5.55. The molecular formula is C15H21BrN2O. The Hall–Kier alpha value is -0.710. The van der Waals surface area contributed by atoms with E-state index >= 15 is 0 Å². The Balaban J connectivity index is 1.76. The van der Waals surface area contributed by atoms with E-state index in [1.807, 2.05) is 24.3 Å². The van der Waals surface area contributed by atoms with E-state index in [9.17, 15) is 4.79 Å². The molecule has 0 spiro atoms. The van der Waals surface area contributed by atoms with Gasteiger partial charge in [-0.3, -0.25) is 4.79 Å². The first-order valence-corrected chi connectivity index (χ1v) is 7.72. The standard InChI is InChI=1S/C15H21BrN2O/c1-2-17-9-11-18(12-10-17)8-7-15(19)13-3-5-14(16)6-4-13/h3-6H,2,7-12H2,1H3. The van der Waals surface area contributed by atoms with Crippen molar-refractivity contribution in [2.24, 2.45) is 0 Å². The zero-order valence-corrected chi connectivity index (χ0v) is 13.0. The maximum Gasteiger partial charge on any atom is 0.164 e. The molecule has 1 saturated heterocycles. The van der Waals surface area contributed by atoms with E-state index in [4.69, 9.17) is 0 Å². The Morgan fingerprint density at radius 3 is 2.26 bits per heavy atom. The second-order valence-electron chi connectivity index (χ2n) is 4.96. The maximum atomic E-state index is 12.1. The number of carbonyl (C=O) groups excluding carboxylic acids is 1. The van der Waals surface area contributed by atoms with Crippen molar-refractivity contribution in [1.82, 2.24) is 9.80 Å². The minimum absolute atomic E-state index is 0.241. The third kappa shape index (κ3) is 4.41. The molecule has 0 aromatic heterocycles. The van der Waals surface area contributed by atoms with Gasteiger partial charge in [0.2, 0.25) is 0 Å². The molecular weight excluding hydrogens is 304 g/mol. The molecule has 2 rings (SSSR count). The van der Waals surface area contributed by atoms with Gasteiger partial charge in [0.25, 0.3) is 0 Å². The predicted octanol–water partition coefficient (Wildman–Crippen LogP) is 2.66. The lowest BCUT2D eigenvalue weighted by atomic mass is 10.1. The number of rotatable bonds is 5. The molecule has 1 fully saturated rings. The Morgan fingerprint density at radius 1 is 1.11 bits per heavy atom. The number of ketones is 1. The minimum Gasteiger partial charge on any atom is -0.301 e. The van der Waals surface area contributed by atoms with Gasteiger partial charge in [-0.25, -0.2) is 0 Å². The van der Waals surface area contributed by atoms with Crippen LogP contribution in [0.3, 0.4) is 0 Å². The predicted molar refractivity (Wildman–Crippen MR) is 81.6 cm³/mol. The highest BCUT2D eigenvalue weighted by Crippen LogP contribution is 2.12. The smallest absolute Gasteiger partial charge is 0.164 e. The molecule has 0 radical (unpaired) electrons. The van der Waals surface area contributed by atoms with E-state index in [0.717, 1.165) is 49.3 Å². The molecule has 1 aromatic rings. The lowest BCUT2D eigenvalue weighted by Gasteiger charge is -2.33. The highest BCUT2D eigenvalue weighted by Gasteiger charge is 2.16. The lowest BCUT2D eigenvalue weighted by molar-refractivity contribution is 0.0932. The number of carbonyl (C=O) groups is 1. The first-order valence-electron chi connectivity index (χ1n) is 6.92. The first kappa shape index (κ1) is 14.7. The summed E-state index contributed by atoms with van der Waals surface area (Å²) in [6.07, 6.45) is 0.619. The Morgan fingerprint density at radius 2 is 1.68 bits per heavy atom. The average molecular weight is 325 g/mol. The van der Waals surface area contributed by atoms with E-state index in [-0.39, 0.29) is 5.78 Å². The van der Waals surface area contributed by atoms with Crippen molar-refractivity contribution in [3.63, 3.8) is 0 Å². The summed E-state index contributed by atoms with van der Waals surface area (Å²) in [7, 11) is 0. The van der Waals surface area contributed by atoms with Gasteiger partial charge >= 0.3 is 0 Å². The summed E-state index contributed by atoms with van der Waals surface area (Å²) in [6.45, 7) is 8.64. The lowest BCUT2D eigenvalue weighted by Crippen LogP contribution is -2.46. The van der Waals surface area contributed by atoms with Gasteiger partial charge < -0.3 is 9.80 Å². The summed E-state index contributed by atoms with van der Waals surface area (Å²) in [5.41, 5.74) is 0.815. The van der Waals surface area contributed by atoms with Crippen molar-refractivity contribution in [3.05, 3.63) is 34.3 Å². The van der Waals surface area contributed by atoms with Crippen LogP contribution in [-0.4, -0.2) is 54.9 Å². The molecule has 19 heavy (non-hydrogen) atoms. The third-order valence-corrected chi connectivity index (χ3v) is 4.26. The van der Waals surface area contributed by atoms with Gasteiger partial charge in [0.15, 0.2) is 5.78 Å². The van der Waals surface area contributed by atoms with Gasteiger partial charge in [-0.2, -0.15) is 0 Å². The SMILES string of the molecule is CCN1CCN(CCC(=O)c2ccc(Br)cc2)CC1. The number of hydrogen-bond acceptors (Lipinski definition) is 3. The summed E-state index contributed by atoms with van der Waals surface area (Å²) in [4.78, 5) is 16.9. The van der Waals surface area contributed by atoms with E-state index in [0.29, 0.717) is 6.42 Å². The van der Waals surface area contributed by atoms with E-state index in [1.165, 1.54) is 0 Å². The van der Waals surface area contributed by atoms with Crippen molar-refractivity contribution >= 4 is 21.7 Å². The number of likely N-dealkylation sites (N-methyl/N-ethyl adjacent to an activating group) is 1. The van der Waals surface area contributed by atoms with Crippen LogP contribution in [0.4, 0.5) is 0 Å². The number of piperazine rings is 1. The summed E-state index contributed by atoms with van der Waals surface area (Å²) >= 11 is 3.38. The number of benzene rings is 1. The summed E-state index contributed by atoms with van der Waals surface area (Å²) in [6, 6.07) is 7.63. The molecule has 1 aliphatic rings. The van der Waals surface area contributed by atoms with Crippen molar-refractivity contribution in [1.29, 1.82) is 0 Å². The summed E-state index contributed by atoms with van der Waals surface area (Å²) in [5.74, 6) is 0.241. The van der Waals surface area contributed by atoms with Gasteiger partial charge in [0.1, 0.15) is 0 Å². The van der Waals surface area contributed by atoms with Crippen molar-refractivity contribution < 1.29 is 4.79 Å². The molecule has 0 aliphatic carbocycles. The fraction of sp³-hybridized carbons (Fsp3) is 0.533. The molecule has 1 aromatic carbocycles. The third-order valence-electron chi connectivity index (χ3n) is 3.73. The van der Waals surface area contributed by atoms with Crippen molar-refractivity contribution in [2.45, 2.75) is 13.3 Å². The van der Waals surface area contributed by atoms with Crippen LogP contribution in [0.5, 0.6) is 0 Å². The average Bonchev–Trinajstić information content (AvgIpc) is 2.46. The fourth-order valence-electron chi connectivity index (χ4n) is 2.37. The Labute approximate surface area is 123 Å². The molecule has 0 amide bonds. The maximum absolute atomic E-state index is 12.1. The van der Waals surface area contributed by atoms with Crippen LogP contribution in [0.2, 0.25) is 0 Å². The first-order chi connectivity index (χ1) is 9.19. The van der Waals surface area contributed by atoms with Gasteiger partial charge in [0, 0.05) is 49.2 Å². The van der Waals surface area contributed by atoms with Crippen molar-refractivity contribution in [3.8, 4) is 0 Å². The second kappa shape index (κ2) is 7.17. The molecule has 3 nitrogen and oxygen atoms in total. The topological polar surface area (TPSA) is 23.6 Å². The quantitative estimate of drug-likeness (QED) is 0.778. The molecule has 1 aliphatic heterocycles. The van der Waals surface area contributed by atoms with Crippen molar-refractivity contribution in [2.75, 3.05) is 39.3 Å². The molecule has 0 bridgehead atoms. The zero-order valence-electron chi connectivity index (χ0n) is 11.4. The van der Waals surface area contributed by atoms with Gasteiger partial charge in [0.05, 0.1) is 0 Å². The van der Waals surface area contributed by atoms with Crippen LogP contribution in [0.15, 0.2) is 28.7 Å². The van der Waals surface area contributed by atoms with E-state index in [1.54, 1.807) is 0 Å².